The van der Waals surface area contributed by atoms with Crippen molar-refractivity contribution in [1.29, 1.82) is 0 Å². The third-order valence-electron chi connectivity index (χ3n) is 2.07. The lowest BCUT2D eigenvalue weighted by Crippen LogP contribution is -2.55. The predicted octanol–water partition coefficient (Wildman–Crippen LogP) is 2.54. The third-order valence-corrected chi connectivity index (χ3v) is 2.07. The monoisotopic (exact) mass is 200 g/mol. The van der Waals surface area contributed by atoms with Crippen molar-refractivity contribution in [1.82, 2.24) is 10.6 Å². The Morgan fingerprint density at radius 3 is 1.00 bits per heavy atom. The number of hydrogen-bond donors (Lipinski definition) is 2. The molecule has 0 fully saturated rings. The average Bonchev–Trinajstić information content (AvgIpc) is 1.78. The Morgan fingerprint density at radius 1 is 0.643 bits per heavy atom. The second-order valence-corrected chi connectivity index (χ2v) is 6.37. The second-order valence-electron chi connectivity index (χ2n) is 6.37. The summed E-state index contributed by atoms with van der Waals surface area (Å²) >= 11 is 0. The molecule has 0 aliphatic rings. The van der Waals surface area contributed by atoms with Gasteiger partial charge in [0.1, 0.15) is 0 Å². The largest absolute Gasteiger partial charge is 0.308 e. The molecule has 0 radical (unpaired) electrons. The van der Waals surface area contributed by atoms with Gasteiger partial charge in [0.15, 0.2) is 0 Å². The summed E-state index contributed by atoms with van der Waals surface area (Å²) in [6, 6.07) is 0.962. The zero-order valence-electron chi connectivity index (χ0n) is 11.2. The minimum Gasteiger partial charge on any atom is -0.308 e. The van der Waals surface area contributed by atoms with Gasteiger partial charge >= 0.3 is 0 Å². The summed E-state index contributed by atoms with van der Waals surface area (Å²) in [5.74, 6) is 0. The zero-order chi connectivity index (χ0) is 11.6. The molecule has 86 valence electrons. The van der Waals surface area contributed by atoms with Crippen LogP contribution in [0.4, 0.5) is 0 Å². The molecule has 0 saturated heterocycles. The van der Waals surface area contributed by atoms with Crippen LogP contribution < -0.4 is 10.6 Å². The Morgan fingerprint density at radius 2 is 0.857 bits per heavy atom. The van der Waals surface area contributed by atoms with Crippen molar-refractivity contribution >= 4 is 0 Å². The summed E-state index contributed by atoms with van der Waals surface area (Å²) < 4.78 is 0. The molecule has 0 aromatic heterocycles. The molecular formula is C12H28N2. The molecule has 0 aromatic carbocycles. The summed E-state index contributed by atoms with van der Waals surface area (Å²) in [7, 11) is 0. The van der Waals surface area contributed by atoms with Crippen molar-refractivity contribution in [2.75, 3.05) is 0 Å². The van der Waals surface area contributed by atoms with Crippen LogP contribution in [0.15, 0.2) is 0 Å². The molecular weight excluding hydrogens is 172 g/mol. The standard InChI is InChI=1S/C12H28N2/c1-9(13-11(3,4)5)10(2)14-12(6,7)8/h9-10,13-14H,1-8H3/t9-,10-/m1/s1. The van der Waals surface area contributed by atoms with Crippen molar-refractivity contribution in [3.8, 4) is 0 Å². The summed E-state index contributed by atoms with van der Waals surface area (Å²) in [6.45, 7) is 17.7. The number of nitrogens with one attached hydrogen (secondary N) is 2. The molecule has 2 atom stereocenters. The zero-order valence-corrected chi connectivity index (χ0v) is 11.2. The molecule has 2 heteroatoms. The molecule has 0 spiro atoms. The smallest absolute Gasteiger partial charge is 0.0195 e. The van der Waals surface area contributed by atoms with Gasteiger partial charge in [-0.05, 0) is 55.4 Å². The maximum absolute atomic E-state index is 3.58. The van der Waals surface area contributed by atoms with Crippen molar-refractivity contribution in [3.05, 3.63) is 0 Å². The Labute approximate surface area is 89.9 Å². The normalized spacial score (nSPS) is 18.0. The molecule has 2 nitrogen and oxygen atoms in total. The third kappa shape index (κ3) is 7.34. The first kappa shape index (κ1) is 13.9. The minimum absolute atomic E-state index is 0.188. The maximum Gasteiger partial charge on any atom is 0.0195 e. The summed E-state index contributed by atoms with van der Waals surface area (Å²) in [5.41, 5.74) is 0.375. The Hall–Kier alpha value is -0.0800. The molecule has 0 bridgehead atoms. The predicted molar refractivity (Wildman–Crippen MR) is 64.7 cm³/mol. The molecule has 0 unspecified atom stereocenters. The average molecular weight is 200 g/mol. The van der Waals surface area contributed by atoms with Gasteiger partial charge in [-0.15, -0.1) is 0 Å². The van der Waals surface area contributed by atoms with Gasteiger partial charge in [-0.25, -0.2) is 0 Å². The lowest BCUT2D eigenvalue weighted by Gasteiger charge is -2.34. The van der Waals surface area contributed by atoms with Crippen LogP contribution in [0.2, 0.25) is 0 Å². The van der Waals surface area contributed by atoms with Crippen LogP contribution in [0.3, 0.4) is 0 Å². The van der Waals surface area contributed by atoms with Gasteiger partial charge in [0.2, 0.25) is 0 Å². The molecule has 0 saturated carbocycles. The number of hydrogen-bond acceptors (Lipinski definition) is 2. The fourth-order valence-corrected chi connectivity index (χ4v) is 1.62. The van der Waals surface area contributed by atoms with Gasteiger partial charge in [-0.2, -0.15) is 0 Å². The van der Waals surface area contributed by atoms with Crippen LogP contribution >= 0.6 is 0 Å². The Balaban J connectivity index is 4.07. The first-order chi connectivity index (χ1) is 6.01. The summed E-state index contributed by atoms with van der Waals surface area (Å²) in [6.07, 6.45) is 0. The van der Waals surface area contributed by atoms with E-state index in [9.17, 15) is 0 Å². The van der Waals surface area contributed by atoms with E-state index >= 15 is 0 Å². The molecule has 0 heterocycles. The lowest BCUT2D eigenvalue weighted by molar-refractivity contribution is 0.277. The fourth-order valence-electron chi connectivity index (χ4n) is 1.62. The van der Waals surface area contributed by atoms with E-state index < -0.39 is 0 Å². The Kier molecular flexibility index (Phi) is 4.60. The van der Waals surface area contributed by atoms with Crippen molar-refractivity contribution < 1.29 is 0 Å². The number of rotatable bonds is 3. The molecule has 0 rings (SSSR count). The van der Waals surface area contributed by atoms with Gasteiger partial charge in [-0.3, -0.25) is 0 Å². The van der Waals surface area contributed by atoms with E-state index in [1.165, 1.54) is 0 Å². The van der Waals surface area contributed by atoms with E-state index in [1.807, 2.05) is 0 Å². The van der Waals surface area contributed by atoms with Gasteiger partial charge in [0, 0.05) is 23.2 Å². The SMILES string of the molecule is C[C@@H](NC(C)(C)C)[C@@H](C)NC(C)(C)C. The first-order valence-electron chi connectivity index (χ1n) is 5.57. The Bertz CT molecular complexity index is 142. The highest BCUT2D eigenvalue weighted by Gasteiger charge is 2.21. The maximum atomic E-state index is 3.58. The topological polar surface area (TPSA) is 24.1 Å². The fraction of sp³-hybridized carbons (Fsp3) is 1.00. The molecule has 0 aliphatic carbocycles. The van der Waals surface area contributed by atoms with Gasteiger partial charge in [0.05, 0.1) is 0 Å². The van der Waals surface area contributed by atoms with Gasteiger partial charge in [-0.1, -0.05) is 0 Å². The van der Waals surface area contributed by atoms with E-state index in [2.05, 4.69) is 66.0 Å². The second kappa shape index (κ2) is 4.63. The highest BCUT2D eigenvalue weighted by Crippen LogP contribution is 2.07. The van der Waals surface area contributed by atoms with Crippen LogP contribution in [0.25, 0.3) is 0 Å². The summed E-state index contributed by atoms with van der Waals surface area (Å²) in [5, 5.41) is 7.16. The van der Waals surface area contributed by atoms with Crippen LogP contribution in [0.1, 0.15) is 55.4 Å². The van der Waals surface area contributed by atoms with Crippen LogP contribution in [-0.4, -0.2) is 23.2 Å². The van der Waals surface area contributed by atoms with Crippen LogP contribution in [-0.2, 0) is 0 Å². The first-order valence-corrected chi connectivity index (χ1v) is 5.57. The summed E-state index contributed by atoms with van der Waals surface area (Å²) in [4.78, 5) is 0. The molecule has 2 N–H and O–H groups in total. The van der Waals surface area contributed by atoms with Crippen molar-refractivity contribution in [3.63, 3.8) is 0 Å². The highest BCUT2D eigenvalue weighted by molar-refractivity contribution is 4.85. The quantitative estimate of drug-likeness (QED) is 0.731. The van der Waals surface area contributed by atoms with E-state index in [4.69, 9.17) is 0 Å². The molecule has 0 amide bonds. The lowest BCUT2D eigenvalue weighted by atomic mass is 10.0. The van der Waals surface area contributed by atoms with E-state index in [0.717, 1.165) is 0 Å². The highest BCUT2D eigenvalue weighted by atomic mass is 15.1. The van der Waals surface area contributed by atoms with Gasteiger partial charge < -0.3 is 10.6 Å². The molecule has 0 aliphatic heterocycles. The minimum atomic E-state index is 0.188. The van der Waals surface area contributed by atoms with Crippen molar-refractivity contribution in [2.24, 2.45) is 0 Å². The van der Waals surface area contributed by atoms with Gasteiger partial charge in [0.25, 0.3) is 0 Å². The van der Waals surface area contributed by atoms with E-state index in [-0.39, 0.29) is 11.1 Å². The van der Waals surface area contributed by atoms with Crippen LogP contribution in [0, 0.1) is 0 Å². The van der Waals surface area contributed by atoms with E-state index in [0.29, 0.717) is 12.1 Å². The van der Waals surface area contributed by atoms with E-state index in [1.54, 1.807) is 0 Å². The molecule has 0 aromatic rings. The molecule has 14 heavy (non-hydrogen) atoms. The van der Waals surface area contributed by atoms with Crippen LogP contribution in [0.5, 0.6) is 0 Å². The van der Waals surface area contributed by atoms with Crippen molar-refractivity contribution in [2.45, 2.75) is 78.6 Å².